The number of carboxylic acids is 1. The molecule has 92 valence electrons. The molecule has 17 heavy (non-hydrogen) atoms. The predicted octanol–water partition coefficient (Wildman–Crippen LogP) is 0.275. The van der Waals surface area contributed by atoms with Crippen LogP contribution in [0.25, 0.3) is 0 Å². The molecule has 2 N–H and O–H groups in total. The van der Waals surface area contributed by atoms with Crippen molar-refractivity contribution in [1.82, 2.24) is 5.32 Å². The van der Waals surface area contributed by atoms with Gasteiger partial charge in [-0.2, -0.15) is 0 Å². The molecule has 6 nitrogen and oxygen atoms in total. The number of rotatable bonds is 6. The lowest BCUT2D eigenvalue weighted by molar-refractivity contribution is -0.138. The van der Waals surface area contributed by atoms with Crippen molar-refractivity contribution in [2.24, 2.45) is 0 Å². The molecule has 0 atom stereocenters. The van der Waals surface area contributed by atoms with Crippen LogP contribution >= 0.6 is 0 Å². The van der Waals surface area contributed by atoms with Crippen LogP contribution < -0.4 is 14.8 Å². The average molecular weight is 239 g/mol. The van der Waals surface area contributed by atoms with Gasteiger partial charge in [0.05, 0.1) is 7.11 Å². The van der Waals surface area contributed by atoms with Crippen LogP contribution in [0, 0.1) is 0 Å². The topological polar surface area (TPSA) is 84.9 Å². The van der Waals surface area contributed by atoms with E-state index in [2.05, 4.69) is 5.32 Å². The first kappa shape index (κ1) is 12.8. The molecule has 0 saturated carbocycles. The summed E-state index contributed by atoms with van der Waals surface area (Å²) >= 11 is 0. The number of hydrogen-bond donors (Lipinski definition) is 2. The summed E-state index contributed by atoms with van der Waals surface area (Å²) in [6.45, 7) is -0.652. The fraction of sp³-hybridized carbons (Fsp3) is 0.273. The van der Waals surface area contributed by atoms with E-state index < -0.39 is 18.4 Å². The van der Waals surface area contributed by atoms with Gasteiger partial charge in [0.15, 0.2) is 6.61 Å². The molecule has 0 bridgehead atoms. The normalized spacial score (nSPS) is 9.47. The zero-order chi connectivity index (χ0) is 12.7. The lowest BCUT2D eigenvalue weighted by atomic mass is 10.3. The van der Waals surface area contributed by atoms with E-state index in [0.717, 1.165) is 0 Å². The summed E-state index contributed by atoms with van der Waals surface area (Å²) in [7, 11) is 1.53. The summed E-state index contributed by atoms with van der Waals surface area (Å²) in [4.78, 5) is 21.3. The van der Waals surface area contributed by atoms with Gasteiger partial charge < -0.3 is 19.9 Å². The molecule has 0 spiro atoms. The lowest BCUT2D eigenvalue weighted by Gasteiger charge is -2.07. The van der Waals surface area contributed by atoms with Gasteiger partial charge >= 0.3 is 5.97 Å². The largest absolute Gasteiger partial charge is 0.497 e. The number of carbonyl (C=O) groups is 2. The van der Waals surface area contributed by atoms with Crippen LogP contribution in [0.3, 0.4) is 0 Å². The van der Waals surface area contributed by atoms with Crippen molar-refractivity contribution >= 4 is 11.9 Å². The highest BCUT2D eigenvalue weighted by atomic mass is 16.5. The highest BCUT2D eigenvalue weighted by Gasteiger charge is 2.05. The monoisotopic (exact) mass is 239 g/mol. The molecule has 6 heteroatoms. The van der Waals surface area contributed by atoms with Gasteiger partial charge in [-0.25, -0.2) is 0 Å². The van der Waals surface area contributed by atoms with Gasteiger partial charge in [0.1, 0.15) is 18.0 Å². The van der Waals surface area contributed by atoms with E-state index in [0.29, 0.717) is 11.5 Å². The first-order valence-electron chi connectivity index (χ1n) is 4.87. The number of aliphatic carboxylic acids is 1. The first-order chi connectivity index (χ1) is 8.11. The maximum Gasteiger partial charge on any atom is 0.322 e. The number of amides is 1. The standard InChI is InChI=1S/C11H13NO5/c1-16-8-3-2-4-9(5-8)17-7-10(13)12-6-11(14)15/h2-5H,6-7H2,1H3,(H,12,13)(H,14,15). The summed E-state index contributed by atoms with van der Waals surface area (Å²) in [6.07, 6.45) is 0. The third kappa shape index (κ3) is 4.87. The Morgan fingerprint density at radius 3 is 2.71 bits per heavy atom. The Morgan fingerprint density at radius 2 is 2.06 bits per heavy atom. The number of benzene rings is 1. The maximum absolute atomic E-state index is 11.1. The second-order valence-electron chi connectivity index (χ2n) is 3.14. The Balaban J connectivity index is 2.39. The van der Waals surface area contributed by atoms with Crippen molar-refractivity contribution in [3.63, 3.8) is 0 Å². The van der Waals surface area contributed by atoms with Crippen LogP contribution in [0.5, 0.6) is 11.5 Å². The number of carbonyl (C=O) groups excluding carboxylic acids is 1. The third-order valence-corrected chi connectivity index (χ3v) is 1.85. The Morgan fingerprint density at radius 1 is 1.35 bits per heavy atom. The van der Waals surface area contributed by atoms with Crippen LogP contribution in [0.4, 0.5) is 0 Å². The van der Waals surface area contributed by atoms with E-state index in [1.54, 1.807) is 24.3 Å². The van der Waals surface area contributed by atoms with Crippen molar-refractivity contribution in [2.75, 3.05) is 20.3 Å². The van der Waals surface area contributed by atoms with Gasteiger partial charge in [0, 0.05) is 6.07 Å². The third-order valence-electron chi connectivity index (χ3n) is 1.85. The lowest BCUT2D eigenvalue weighted by Crippen LogP contribution is -2.33. The Kier molecular flexibility index (Phi) is 4.80. The first-order valence-corrected chi connectivity index (χ1v) is 4.87. The van der Waals surface area contributed by atoms with Gasteiger partial charge in [-0.1, -0.05) is 6.07 Å². The van der Waals surface area contributed by atoms with Gasteiger partial charge in [0.2, 0.25) is 0 Å². The van der Waals surface area contributed by atoms with Gasteiger partial charge in [0.25, 0.3) is 5.91 Å². The minimum atomic E-state index is -1.10. The zero-order valence-corrected chi connectivity index (χ0v) is 9.30. The van der Waals surface area contributed by atoms with E-state index in [9.17, 15) is 9.59 Å². The number of nitrogens with one attached hydrogen (secondary N) is 1. The summed E-state index contributed by atoms with van der Waals surface area (Å²) in [6, 6.07) is 6.78. The van der Waals surface area contributed by atoms with Crippen molar-refractivity contribution in [2.45, 2.75) is 0 Å². The molecular formula is C11H13NO5. The highest BCUT2D eigenvalue weighted by molar-refractivity contribution is 5.82. The molecular weight excluding hydrogens is 226 g/mol. The van der Waals surface area contributed by atoms with Crippen molar-refractivity contribution in [3.8, 4) is 11.5 Å². The average Bonchev–Trinajstić information content (AvgIpc) is 2.34. The fourth-order valence-corrected chi connectivity index (χ4v) is 1.07. The number of carboxylic acid groups (broad SMARTS) is 1. The summed E-state index contributed by atoms with van der Waals surface area (Å²) in [5.74, 6) is -0.488. The van der Waals surface area contributed by atoms with Crippen molar-refractivity contribution in [3.05, 3.63) is 24.3 Å². The van der Waals surface area contributed by atoms with Crippen LogP contribution in [-0.4, -0.2) is 37.2 Å². The molecule has 0 aliphatic heterocycles. The van der Waals surface area contributed by atoms with E-state index in [1.807, 2.05) is 0 Å². The second-order valence-corrected chi connectivity index (χ2v) is 3.14. The molecule has 0 heterocycles. The number of methoxy groups -OCH3 is 1. The van der Waals surface area contributed by atoms with Gasteiger partial charge in [-0.15, -0.1) is 0 Å². The van der Waals surface area contributed by atoms with Crippen LogP contribution in [0.2, 0.25) is 0 Å². The van der Waals surface area contributed by atoms with E-state index in [-0.39, 0.29) is 6.61 Å². The zero-order valence-electron chi connectivity index (χ0n) is 9.30. The number of ether oxygens (including phenoxy) is 2. The molecule has 0 saturated heterocycles. The molecule has 0 aliphatic rings. The molecule has 1 aromatic rings. The second kappa shape index (κ2) is 6.37. The molecule has 1 amide bonds. The Bertz CT molecular complexity index is 405. The molecule has 0 aromatic heterocycles. The van der Waals surface area contributed by atoms with Crippen molar-refractivity contribution < 1.29 is 24.2 Å². The van der Waals surface area contributed by atoms with Crippen molar-refractivity contribution in [1.29, 1.82) is 0 Å². The smallest absolute Gasteiger partial charge is 0.322 e. The van der Waals surface area contributed by atoms with Gasteiger partial charge in [-0.3, -0.25) is 9.59 Å². The summed E-state index contributed by atoms with van der Waals surface area (Å²) < 4.78 is 10.1. The Hall–Kier alpha value is -2.24. The highest BCUT2D eigenvalue weighted by Crippen LogP contribution is 2.18. The van der Waals surface area contributed by atoms with Crippen LogP contribution in [0.15, 0.2) is 24.3 Å². The van der Waals surface area contributed by atoms with Crippen LogP contribution in [-0.2, 0) is 9.59 Å². The quantitative estimate of drug-likeness (QED) is 0.744. The SMILES string of the molecule is COc1cccc(OCC(=O)NCC(=O)O)c1. The molecule has 0 unspecified atom stereocenters. The summed E-state index contributed by atoms with van der Waals surface area (Å²) in [5.41, 5.74) is 0. The maximum atomic E-state index is 11.1. The predicted molar refractivity (Wildman–Crippen MR) is 59.1 cm³/mol. The molecule has 1 rings (SSSR count). The van der Waals surface area contributed by atoms with Crippen LogP contribution in [0.1, 0.15) is 0 Å². The van der Waals surface area contributed by atoms with E-state index >= 15 is 0 Å². The van der Waals surface area contributed by atoms with Gasteiger partial charge in [-0.05, 0) is 12.1 Å². The van der Waals surface area contributed by atoms with E-state index in [4.69, 9.17) is 14.6 Å². The Labute approximate surface area is 98.2 Å². The fourth-order valence-electron chi connectivity index (χ4n) is 1.07. The summed E-state index contributed by atoms with van der Waals surface area (Å²) in [5, 5.41) is 10.5. The molecule has 0 radical (unpaired) electrons. The van der Waals surface area contributed by atoms with E-state index in [1.165, 1.54) is 7.11 Å². The number of hydrogen-bond acceptors (Lipinski definition) is 4. The molecule has 0 aliphatic carbocycles. The molecule has 1 aromatic carbocycles. The molecule has 0 fully saturated rings. The minimum Gasteiger partial charge on any atom is -0.497 e. The minimum absolute atomic E-state index is 0.236.